The summed E-state index contributed by atoms with van der Waals surface area (Å²) in [6, 6.07) is 11.2. The molecule has 1 aliphatic heterocycles. The highest BCUT2D eigenvalue weighted by Crippen LogP contribution is 2.25. The molecule has 1 amide bonds. The molecule has 0 radical (unpaired) electrons. The van der Waals surface area contributed by atoms with Crippen LogP contribution in [0.4, 0.5) is 11.4 Å². The molecule has 32 heavy (non-hydrogen) atoms. The minimum absolute atomic E-state index is 0.0395. The number of benzene rings is 2. The molecular formula is C21H15Cl2N3O6. The van der Waals surface area contributed by atoms with Crippen LogP contribution in [-0.4, -0.2) is 44.4 Å². The van der Waals surface area contributed by atoms with Crippen molar-refractivity contribution in [1.82, 2.24) is 4.90 Å². The molecule has 9 nitrogen and oxygen atoms in total. The number of non-ortho nitro benzene ring substituents is 2. The average molecular weight is 476 g/mol. The number of carbonyl (C=O) groups excluding carboxylic acids is 2. The van der Waals surface area contributed by atoms with Gasteiger partial charge in [0, 0.05) is 48.5 Å². The molecular weight excluding hydrogens is 461 g/mol. The van der Waals surface area contributed by atoms with Crippen molar-refractivity contribution in [2.75, 3.05) is 13.1 Å². The van der Waals surface area contributed by atoms with Crippen molar-refractivity contribution in [1.29, 1.82) is 0 Å². The molecule has 0 aromatic heterocycles. The number of piperidine rings is 1. The number of Topliss-reactive ketones (excluding diaryl/α,β-unsaturated/α-hetero) is 1. The molecule has 0 atom stereocenters. The second-order valence-corrected chi connectivity index (χ2v) is 7.96. The van der Waals surface area contributed by atoms with E-state index < -0.39 is 20.6 Å². The Bertz CT molecular complexity index is 1060. The Morgan fingerprint density at radius 2 is 1.22 bits per heavy atom. The number of hydrogen-bond acceptors (Lipinski definition) is 6. The van der Waals surface area contributed by atoms with Crippen LogP contribution in [-0.2, 0) is 9.59 Å². The van der Waals surface area contributed by atoms with Crippen LogP contribution in [0, 0.1) is 20.2 Å². The Hall–Kier alpha value is -3.56. The van der Waals surface area contributed by atoms with Gasteiger partial charge in [-0.05, 0) is 47.5 Å². The van der Waals surface area contributed by atoms with Gasteiger partial charge in [-0.2, -0.15) is 0 Å². The summed E-state index contributed by atoms with van der Waals surface area (Å²) in [4.78, 5) is 46.1. The normalized spacial score (nSPS) is 16.6. The highest BCUT2D eigenvalue weighted by Gasteiger charge is 2.31. The van der Waals surface area contributed by atoms with E-state index in [0.29, 0.717) is 11.1 Å². The van der Waals surface area contributed by atoms with Crippen molar-refractivity contribution in [3.8, 4) is 0 Å². The zero-order chi connectivity index (χ0) is 23.4. The predicted molar refractivity (Wildman–Crippen MR) is 119 cm³/mol. The Morgan fingerprint density at radius 1 is 0.844 bits per heavy atom. The molecule has 11 heteroatoms. The minimum Gasteiger partial charge on any atom is -0.331 e. The number of alkyl halides is 2. The van der Waals surface area contributed by atoms with Crippen LogP contribution in [0.5, 0.6) is 0 Å². The first-order chi connectivity index (χ1) is 15.2. The maximum Gasteiger partial charge on any atom is 0.269 e. The SMILES string of the molecule is O=C1/C(=C/c2ccc([N+](=O)[O-])cc2)CN(C(=O)C(Cl)Cl)C/C1=C\c1ccc([N+](=O)[O-])cc1. The third-order valence-electron chi connectivity index (χ3n) is 4.69. The fourth-order valence-corrected chi connectivity index (χ4v) is 3.40. The number of carbonyl (C=O) groups is 2. The second kappa shape index (κ2) is 9.71. The topological polar surface area (TPSA) is 124 Å². The lowest BCUT2D eigenvalue weighted by Gasteiger charge is -2.30. The van der Waals surface area contributed by atoms with Gasteiger partial charge in [-0.15, -0.1) is 0 Å². The Morgan fingerprint density at radius 3 is 1.53 bits per heavy atom. The lowest BCUT2D eigenvalue weighted by molar-refractivity contribution is -0.385. The van der Waals surface area contributed by atoms with Gasteiger partial charge in [0.15, 0.2) is 10.6 Å². The van der Waals surface area contributed by atoms with Crippen LogP contribution < -0.4 is 0 Å². The molecule has 1 heterocycles. The summed E-state index contributed by atoms with van der Waals surface area (Å²) in [5.41, 5.74) is 1.42. The maximum absolute atomic E-state index is 13.1. The number of nitrogens with zero attached hydrogens (tertiary/aromatic N) is 3. The van der Waals surface area contributed by atoms with Crippen LogP contribution in [0.25, 0.3) is 12.2 Å². The number of hydrogen-bond donors (Lipinski definition) is 0. The monoisotopic (exact) mass is 475 g/mol. The van der Waals surface area contributed by atoms with Gasteiger partial charge in [0.25, 0.3) is 17.3 Å². The minimum atomic E-state index is -1.32. The van der Waals surface area contributed by atoms with E-state index in [-0.39, 0.29) is 41.4 Å². The summed E-state index contributed by atoms with van der Waals surface area (Å²) < 4.78 is 0. The van der Waals surface area contributed by atoms with Gasteiger partial charge in [-0.3, -0.25) is 29.8 Å². The third kappa shape index (κ3) is 5.37. The van der Waals surface area contributed by atoms with Gasteiger partial charge >= 0.3 is 0 Å². The number of likely N-dealkylation sites (tertiary alicyclic amines) is 1. The third-order valence-corrected chi connectivity index (χ3v) is 5.07. The summed E-state index contributed by atoms with van der Waals surface area (Å²) in [6.45, 7) is -0.0790. The standard InChI is InChI=1S/C21H15Cl2N3O6/c22-20(23)21(28)24-11-15(9-13-1-5-17(6-2-13)25(29)30)19(27)16(12-24)10-14-3-7-18(8-4-14)26(31)32/h1-10,20H,11-12H2/b15-9+,16-10+. The van der Waals surface area contributed by atoms with E-state index in [1.165, 1.54) is 65.6 Å². The molecule has 3 rings (SSSR count). The predicted octanol–water partition coefficient (Wildman–Crippen LogP) is 4.19. The summed E-state index contributed by atoms with van der Waals surface area (Å²) in [5.74, 6) is -0.906. The Labute approximate surface area is 191 Å². The van der Waals surface area contributed by atoms with Gasteiger partial charge in [-0.1, -0.05) is 23.2 Å². The van der Waals surface area contributed by atoms with Crippen molar-refractivity contribution < 1.29 is 19.4 Å². The lowest BCUT2D eigenvalue weighted by atomic mass is 9.94. The summed E-state index contributed by atoms with van der Waals surface area (Å²) in [7, 11) is 0. The average Bonchev–Trinajstić information content (AvgIpc) is 2.76. The highest BCUT2D eigenvalue weighted by molar-refractivity contribution is 6.53. The van der Waals surface area contributed by atoms with Gasteiger partial charge in [0.1, 0.15) is 0 Å². The van der Waals surface area contributed by atoms with Crippen LogP contribution in [0.2, 0.25) is 0 Å². The number of nitro benzene ring substituents is 2. The zero-order valence-electron chi connectivity index (χ0n) is 16.3. The highest BCUT2D eigenvalue weighted by atomic mass is 35.5. The smallest absolute Gasteiger partial charge is 0.269 e. The summed E-state index contributed by atoms with van der Waals surface area (Å²) in [6.07, 6.45) is 3.07. The molecule has 1 fully saturated rings. The number of nitro groups is 2. The van der Waals surface area contributed by atoms with E-state index in [1.54, 1.807) is 0 Å². The lowest BCUT2D eigenvalue weighted by Crippen LogP contribution is -2.43. The fourth-order valence-electron chi connectivity index (χ4n) is 3.12. The molecule has 0 spiro atoms. The van der Waals surface area contributed by atoms with Crippen LogP contribution in [0.15, 0.2) is 59.7 Å². The number of rotatable bonds is 5. The van der Waals surface area contributed by atoms with Crippen LogP contribution in [0.1, 0.15) is 11.1 Å². The van der Waals surface area contributed by atoms with E-state index in [0.717, 1.165) is 0 Å². The van der Waals surface area contributed by atoms with Crippen LogP contribution in [0.3, 0.4) is 0 Å². The van der Waals surface area contributed by atoms with Crippen molar-refractivity contribution in [2.24, 2.45) is 0 Å². The van der Waals surface area contributed by atoms with Gasteiger partial charge < -0.3 is 4.90 Å². The van der Waals surface area contributed by atoms with E-state index in [1.807, 2.05) is 0 Å². The van der Waals surface area contributed by atoms with Crippen molar-refractivity contribution in [3.05, 3.63) is 91.0 Å². The van der Waals surface area contributed by atoms with Crippen molar-refractivity contribution in [2.45, 2.75) is 4.84 Å². The number of ketones is 1. The maximum atomic E-state index is 13.1. The van der Waals surface area contributed by atoms with Gasteiger partial charge in [0.2, 0.25) is 0 Å². The summed E-state index contributed by atoms with van der Waals surface area (Å²) in [5, 5.41) is 21.7. The molecule has 1 saturated heterocycles. The first-order valence-electron chi connectivity index (χ1n) is 9.17. The Balaban J connectivity index is 1.97. The molecule has 2 aromatic rings. The van der Waals surface area contributed by atoms with Crippen molar-refractivity contribution >= 4 is 58.4 Å². The van der Waals surface area contributed by atoms with E-state index in [4.69, 9.17) is 23.2 Å². The quantitative estimate of drug-likeness (QED) is 0.276. The second-order valence-electron chi connectivity index (χ2n) is 6.86. The molecule has 2 aromatic carbocycles. The number of amides is 1. The largest absolute Gasteiger partial charge is 0.331 e. The van der Waals surface area contributed by atoms with E-state index in [2.05, 4.69) is 0 Å². The van der Waals surface area contributed by atoms with Crippen LogP contribution >= 0.6 is 23.2 Å². The van der Waals surface area contributed by atoms with Gasteiger partial charge in [0.05, 0.1) is 9.85 Å². The molecule has 0 N–H and O–H groups in total. The number of halogens is 2. The van der Waals surface area contributed by atoms with E-state index in [9.17, 15) is 29.8 Å². The first kappa shape index (κ1) is 23.1. The molecule has 164 valence electrons. The van der Waals surface area contributed by atoms with Crippen molar-refractivity contribution in [3.63, 3.8) is 0 Å². The molecule has 0 unspecified atom stereocenters. The first-order valence-corrected chi connectivity index (χ1v) is 10.0. The van der Waals surface area contributed by atoms with E-state index >= 15 is 0 Å². The molecule has 0 aliphatic carbocycles. The fraction of sp³-hybridized carbons (Fsp3) is 0.143. The van der Waals surface area contributed by atoms with Gasteiger partial charge in [-0.25, -0.2) is 0 Å². The molecule has 0 bridgehead atoms. The summed E-state index contributed by atoms with van der Waals surface area (Å²) >= 11 is 11.5. The molecule has 0 saturated carbocycles. The Kier molecular flexibility index (Phi) is 7.01. The molecule has 1 aliphatic rings. The zero-order valence-corrected chi connectivity index (χ0v) is 17.8.